The molecule has 1 aromatic rings. The van der Waals surface area contributed by atoms with Crippen LogP contribution < -0.4 is 0 Å². The van der Waals surface area contributed by atoms with E-state index >= 15 is 0 Å². The molecule has 0 saturated heterocycles. The van der Waals surface area contributed by atoms with Gasteiger partial charge in [-0.25, -0.2) is 4.79 Å². The maximum absolute atomic E-state index is 10.2. The molecule has 0 aliphatic rings. The Kier molecular flexibility index (Phi) is 1.68. The Bertz CT molecular complexity index is 292. The first kappa shape index (κ1) is 7.40. The highest BCUT2D eigenvalue weighted by Gasteiger charge is 2.06. The predicted octanol–water partition coefficient (Wildman–Crippen LogP) is 0.596. The van der Waals surface area contributed by atoms with Crippen molar-refractivity contribution < 1.29 is 20.1 Å². The lowest BCUT2D eigenvalue weighted by Crippen LogP contribution is -1.94. The molecule has 4 heteroatoms. The molecule has 0 aliphatic carbocycles. The minimum absolute atomic E-state index is 0.180. The lowest BCUT2D eigenvalue weighted by atomic mass is 10.2. The number of carbonyl (C=O) groups is 1. The summed E-state index contributed by atoms with van der Waals surface area (Å²) >= 11 is 0. The van der Waals surface area contributed by atoms with Gasteiger partial charge in [-0.15, -0.1) is 0 Å². The molecular weight excluding hydrogens is 148 g/mol. The maximum atomic E-state index is 10.2. The summed E-state index contributed by atoms with van der Waals surface area (Å²) < 4.78 is 0. The number of hydrogen-bond donors (Lipinski definition) is 3. The molecule has 1 radical (unpaired) electrons. The molecule has 0 fully saturated rings. The summed E-state index contributed by atoms with van der Waals surface area (Å²) in [5.41, 5.74) is -0.180. The van der Waals surface area contributed by atoms with E-state index in [1.807, 2.05) is 0 Å². The molecule has 0 unspecified atom stereocenters. The second-order valence-electron chi connectivity index (χ2n) is 1.91. The first-order valence-electron chi connectivity index (χ1n) is 2.79. The van der Waals surface area contributed by atoms with Gasteiger partial charge >= 0.3 is 5.97 Å². The SMILES string of the molecule is O=C(O)c1[c]c(O)c(O)cc1. The molecule has 57 valence electrons. The van der Waals surface area contributed by atoms with Crippen LogP contribution in [-0.4, -0.2) is 21.3 Å². The Morgan fingerprint density at radius 2 is 2.00 bits per heavy atom. The average molecular weight is 153 g/mol. The number of hydrogen-bond acceptors (Lipinski definition) is 3. The summed E-state index contributed by atoms with van der Waals surface area (Å²) in [6.07, 6.45) is 0. The molecule has 0 aromatic heterocycles. The van der Waals surface area contributed by atoms with E-state index in [0.717, 1.165) is 12.1 Å². The van der Waals surface area contributed by atoms with Gasteiger partial charge in [0.25, 0.3) is 0 Å². The standard InChI is InChI=1S/C7H5O4/c8-5-2-1-4(7(10)11)3-6(5)9/h1-2,8-9H,(H,10,11). The van der Waals surface area contributed by atoms with Gasteiger partial charge in [-0.1, -0.05) is 0 Å². The van der Waals surface area contributed by atoms with Crippen LogP contribution in [0, 0.1) is 6.07 Å². The number of carboxylic acid groups (broad SMARTS) is 1. The Labute approximate surface area is 62.3 Å². The zero-order valence-corrected chi connectivity index (χ0v) is 5.40. The van der Waals surface area contributed by atoms with Gasteiger partial charge < -0.3 is 15.3 Å². The van der Waals surface area contributed by atoms with E-state index in [2.05, 4.69) is 6.07 Å². The Morgan fingerprint density at radius 1 is 1.36 bits per heavy atom. The lowest BCUT2D eigenvalue weighted by Gasteiger charge is -1.96. The molecule has 0 amide bonds. The fourth-order valence-electron chi connectivity index (χ4n) is 0.599. The number of phenolic OH excluding ortho intramolecular Hbond substituents is 2. The highest BCUT2D eigenvalue weighted by atomic mass is 16.4. The van der Waals surface area contributed by atoms with Gasteiger partial charge in [-0.05, 0) is 12.1 Å². The van der Waals surface area contributed by atoms with E-state index < -0.39 is 11.7 Å². The number of aromatic hydroxyl groups is 2. The number of benzene rings is 1. The molecule has 0 saturated carbocycles. The Hall–Kier alpha value is -1.71. The van der Waals surface area contributed by atoms with Crippen LogP contribution in [0.1, 0.15) is 10.4 Å². The van der Waals surface area contributed by atoms with Crippen LogP contribution >= 0.6 is 0 Å². The van der Waals surface area contributed by atoms with Gasteiger partial charge in [0.15, 0.2) is 11.5 Å². The third-order valence-corrected chi connectivity index (χ3v) is 1.13. The van der Waals surface area contributed by atoms with Crippen LogP contribution in [0.4, 0.5) is 0 Å². The van der Waals surface area contributed by atoms with E-state index in [4.69, 9.17) is 15.3 Å². The van der Waals surface area contributed by atoms with Crippen molar-refractivity contribution in [3.63, 3.8) is 0 Å². The topological polar surface area (TPSA) is 77.8 Å². The summed E-state index contributed by atoms with van der Waals surface area (Å²) in [5, 5.41) is 25.9. The van der Waals surface area contributed by atoms with Crippen molar-refractivity contribution in [1.29, 1.82) is 0 Å². The number of carboxylic acids is 1. The fourth-order valence-corrected chi connectivity index (χ4v) is 0.599. The molecule has 0 aliphatic heterocycles. The van der Waals surface area contributed by atoms with E-state index in [0.29, 0.717) is 0 Å². The van der Waals surface area contributed by atoms with Gasteiger partial charge in [-0.3, -0.25) is 0 Å². The van der Waals surface area contributed by atoms with E-state index in [1.54, 1.807) is 0 Å². The minimum Gasteiger partial charge on any atom is -0.504 e. The van der Waals surface area contributed by atoms with Crippen molar-refractivity contribution >= 4 is 5.97 Å². The summed E-state index contributed by atoms with van der Waals surface area (Å²) in [4.78, 5) is 10.2. The molecule has 0 heterocycles. The molecule has 3 N–H and O–H groups in total. The predicted molar refractivity (Wildman–Crippen MR) is 35.6 cm³/mol. The average Bonchev–Trinajstić information content (AvgIpc) is 1.94. The number of rotatable bonds is 1. The second-order valence-corrected chi connectivity index (χ2v) is 1.91. The Morgan fingerprint density at radius 3 is 2.45 bits per heavy atom. The van der Waals surface area contributed by atoms with Crippen LogP contribution in [0.15, 0.2) is 12.1 Å². The van der Waals surface area contributed by atoms with Crippen molar-refractivity contribution in [2.24, 2.45) is 0 Å². The molecule has 11 heavy (non-hydrogen) atoms. The largest absolute Gasteiger partial charge is 0.504 e. The first-order chi connectivity index (χ1) is 5.11. The smallest absolute Gasteiger partial charge is 0.336 e. The third-order valence-electron chi connectivity index (χ3n) is 1.13. The zero-order chi connectivity index (χ0) is 8.43. The van der Waals surface area contributed by atoms with Crippen LogP contribution in [0.2, 0.25) is 0 Å². The number of aromatic carboxylic acids is 1. The van der Waals surface area contributed by atoms with Crippen LogP contribution in [0.5, 0.6) is 11.5 Å². The number of phenols is 2. The molecule has 1 aromatic carbocycles. The third kappa shape index (κ3) is 1.40. The first-order valence-corrected chi connectivity index (χ1v) is 2.79. The normalized spacial score (nSPS) is 9.45. The highest BCUT2D eigenvalue weighted by molar-refractivity contribution is 5.88. The summed E-state index contributed by atoms with van der Waals surface area (Å²) in [7, 11) is 0. The van der Waals surface area contributed by atoms with Crippen LogP contribution in [-0.2, 0) is 0 Å². The molecular formula is C7H5O4. The Balaban J connectivity index is 3.15. The molecule has 0 spiro atoms. The van der Waals surface area contributed by atoms with Crippen molar-refractivity contribution in [2.45, 2.75) is 0 Å². The van der Waals surface area contributed by atoms with Gasteiger partial charge in [0, 0.05) is 6.07 Å². The van der Waals surface area contributed by atoms with Gasteiger partial charge in [0.2, 0.25) is 0 Å². The van der Waals surface area contributed by atoms with Crippen LogP contribution in [0.25, 0.3) is 0 Å². The second kappa shape index (κ2) is 2.49. The minimum atomic E-state index is -1.19. The molecule has 1 rings (SSSR count). The van der Waals surface area contributed by atoms with Crippen molar-refractivity contribution in [1.82, 2.24) is 0 Å². The van der Waals surface area contributed by atoms with Crippen molar-refractivity contribution in [3.05, 3.63) is 23.8 Å². The quantitative estimate of drug-likeness (QED) is 0.516. The van der Waals surface area contributed by atoms with Crippen molar-refractivity contribution in [3.8, 4) is 11.5 Å². The highest BCUT2D eigenvalue weighted by Crippen LogP contribution is 2.23. The van der Waals surface area contributed by atoms with Crippen LogP contribution in [0.3, 0.4) is 0 Å². The lowest BCUT2D eigenvalue weighted by molar-refractivity contribution is 0.0696. The monoisotopic (exact) mass is 153 g/mol. The zero-order valence-electron chi connectivity index (χ0n) is 5.40. The van der Waals surface area contributed by atoms with Crippen molar-refractivity contribution in [2.75, 3.05) is 0 Å². The summed E-state index contributed by atoms with van der Waals surface area (Å²) in [6.45, 7) is 0. The molecule has 0 bridgehead atoms. The van der Waals surface area contributed by atoms with E-state index in [1.165, 1.54) is 0 Å². The van der Waals surface area contributed by atoms with E-state index in [9.17, 15) is 4.79 Å². The van der Waals surface area contributed by atoms with E-state index in [-0.39, 0.29) is 11.3 Å². The van der Waals surface area contributed by atoms with Gasteiger partial charge in [0.1, 0.15) is 0 Å². The fraction of sp³-hybridized carbons (Fsp3) is 0. The summed E-state index contributed by atoms with van der Waals surface area (Å²) in [5.74, 6) is -2.12. The van der Waals surface area contributed by atoms with Gasteiger partial charge in [0.05, 0.1) is 5.56 Å². The van der Waals surface area contributed by atoms with Gasteiger partial charge in [-0.2, -0.15) is 0 Å². The maximum Gasteiger partial charge on any atom is 0.336 e. The molecule has 4 nitrogen and oxygen atoms in total. The molecule has 0 atom stereocenters. The summed E-state index contributed by atoms with van der Waals surface area (Å²) in [6, 6.07) is 4.32.